The van der Waals surface area contributed by atoms with Crippen LogP contribution in [0.4, 0.5) is 8.78 Å². The third-order valence-electron chi connectivity index (χ3n) is 3.72. The van der Waals surface area contributed by atoms with Crippen LogP contribution in [0.3, 0.4) is 0 Å². The van der Waals surface area contributed by atoms with Gasteiger partial charge in [-0.25, -0.2) is 8.78 Å². The van der Waals surface area contributed by atoms with Crippen molar-refractivity contribution < 1.29 is 13.6 Å². The van der Waals surface area contributed by atoms with Gasteiger partial charge in [0.25, 0.3) is 6.43 Å². The number of halogens is 2. The zero-order valence-corrected chi connectivity index (χ0v) is 11.9. The summed E-state index contributed by atoms with van der Waals surface area (Å²) >= 11 is 0. The minimum absolute atomic E-state index is 0.139. The van der Waals surface area contributed by atoms with Gasteiger partial charge in [-0.15, -0.1) is 0 Å². The van der Waals surface area contributed by atoms with Crippen molar-refractivity contribution in [2.75, 3.05) is 32.7 Å². The second-order valence-electron chi connectivity index (χ2n) is 5.26. The summed E-state index contributed by atoms with van der Waals surface area (Å²) in [6.07, 6.45) is -1.64. The molecule has 2 N–H and O–H groups in total. The molecule has 1 aliphatic rings. The number of nitrogens with zero attached hydrogens (tertiary/aromatic N) is 2. The summed E-state index contributed by atoms with van der Waals surface area (Å²) in [7, 11) is 0. The molecular weight excluding hydrogens is 276 g/mol. The van der Waals surface area contributed by atoms with E-state index in [0.29, 0.717) is 32.6 Å². The summed E-state index contributed by atoms with van der Waals surface area (Å²) in [6.45, 7) is 1.85. The van der Waals surface area contributed by atoms with Gasteiger partial charge < -0.3 is 10.6 Å². The summed E-state index contributed by atoms with van der Waals surface area (Å²) in [6, 6.07) is 8.51. The smallest absolute Gasteiger partial charge is 0.251 e. The first kappa shape index (κ1) is 15.9. The Bertz CT molecular complexity index is 455. The molecule has 1 atom stereocenters. The molecule has 1 aliphatic heterocycles. The molecule has 0 saturated carbocycles. The zero-order chi connectivity index (χ0) is 15.2. The van der Waals surface area contributed by atoms with Gasteiger partial charge >= 0.3 is 0 Å². The quantitative estimate of drug-likeness (QED) is 0.916. The topological polar surface area (TPSA) is 49.6 Å². The molecule has 1 heterocycles. The molecule has 1 unspecified atom stereocenters. The molecule has 1 saturated heterocycles. The fourth-order valence-corrected chi connectivity index (χ4v) is 2.57. The Morgan fingerprint density at radius 3 is 2.52 bits per heavy atom. The Morgan fingerprint density at radius 2 is 1.86 bits per heavy atom. The summed E-state index contributed by atoms with van der Waals surface area (Å²) in [5.41, 5.74) is 6.79. The van der Waals surface area contributed by atoms with Crippen LogP contribution in [0.5, 0.6) is 0 Å². The van der Waals surface area contributed by atoms with E-state index in [0.717, 1.165) is 5.56 Å². The van der Waals surface area contributed by atoms with Crippen molar-refractivity contribution in [1.29, 1.82) is 0 Å². The summed E-state index contributed by atoms with van der Waals surface area (Å²) in [5, 5.41) is 0. The van der Waals surface area contributed by atoms with E-state index in [-0.39, 0.29) is 12.5 Å². The predicted molar refractivity (Wildman–Crippen MR) is 77.0 cm³/mol. The first-order valence-corrected chi connectivity index (χ1v) is 7.17. The van der Waals surface area contributed by atoms with Crippen LogP contribution >= 0.6 is 0 Å². The van der Waals surface area contributed by atoms with Crippen LogP contribution in [-0.4, -0.2) is 54.9 Å². The summed E-state index contributed by atoms with van der Waals surface area (Å²) in [4.78, 5) is 15.8. The van der Waals surface area contributed by atoms with Crippen molar-refractivity contribution in [2.24, 2.45) is 5.73 Å². The molecule has 0 bridgehead atoms. The molecule has 1 aromatic carbocycles. The van der Waals surface area contributed by atoms with E-state index < -0.39 is 12.5 Å². The minimum atomic E-state index is -2.33. The molecule has 0 aliphatic carbocycles. The van der Waals surface area contributed by atoms with Gasteiger partial charge in [0.2, 0.25) is 5.91 Å². The van der Waals surface area contributed by atoms with E-state index in [1.807, 2.05) is 30.3 Å². The first-order chi connectivity index (χ1) is 10.1. The summed E-state index contributed by atoms with van der Waals surface area (Å²) < 4.78 is 24.8. The van der Waals surface area contributed by atoms with Crippen molar-refractivity contribution in [1.82, 2.24) is 9.80 Å². The number of carbonyl (C=O) groups is 1. The van der Waals surface area contributed by atoms with E-state index in [4.69, 9.17) is 5.73 Å². The average Bonchev–Trinajstić information content (AvgIpc) is 2.71. The number of nitrogens with two attached hydrogens (primary N) is 1. The number of benzene rings is 1. The fourth-order valence-electron chi connectivity index (χ4n) is 2.57. The molecule has 0 aromatic heterocycles. The minimum Gasteiger partial charge on any atom is -0.340 e. The maximum Gasteiger partial charge on any atom is 0.251 e. The average molecular weight is 297 g/mol. The van der Waals surface area contributed by atoms with Gasteiger partial charge in [-0.2, -0.15) is 0 Å². The number of alkyl halides is 2. The Balaban J connectivity index is 1.94. The molecule has 1 fully saturated rings. The second kappa shape index (κ2) is 7.47. The highest BCUT2D eigenvalue weighted by Gasteiger charge is 2.25. The molecule has 1 amide bonds. The normalized spacial score (nSPS) is 18.6. The van der Waals surface area contributed by atoms with Crippen LogP contribution in [0.1, 0.15) is 18.0 Å². The lowest BCUT2D eigenvalue weighted by Crippen LogP contribution is -2.41. The Morgan fingerprint density at radius 1 is 1.14 bits per heavy atom. The van der Waals surface area contributed by atoms with Gasteiger partial charge in [0, 0.05) is 26.2 Å². The zero-order valence-electron chi connectivity index (χ0n) is 11.9. The second-order valence-corrected chi connectivity index (χ2v) is 5.26. The van der Waals surface area contributed by atoms with Crippen LogP contribution < -0.4 is 5.73 Å². The number of hydrogen-bond acceptors (Lipinski definition) is 3. The lowest BCUT2D eigenvalue weighted by atomic mass is 10.1. The van der Waals surface area contributed by atoms with E-state index >= 15 is 0 Å². The largest absolute Gasteiger partial charge is 0.340 e. The Kier molecular flexibility index (Phi) is 5.64. The van der Waals surface area contributed by atoms with Crippen molar-refractivity contribution in [3.63, 3.8) is 0 Å². The molecule has 116 valence electrons. The van der Waals surface area contributed by atoms with Crippen molar-refractivity contribution >= 4 is 5.91 Å². The SMILES string of the molecule is NC(C(=O)N1CCCN(CC(F)F)CC1)c1ccccc1. The van der Waals surface area contributed by atoms with Gasteiger partial charge in [-0.3, -0.25) is 9.69 Å². The van der Waals surface area contributed by atoms with Crippen LogP contribution in [-0.2, 0) is 4.79 Å². The summed E-state index contributed by atoms with van der Waals surface area (Å²) in [5.74, 6) is -0.139. The van der Waals surface area contributed by atoms with Gasteiger partial charge in [0.05, 0.1) is 6.54 Å². The third-order valence-corrected chi connectivity index (χ3v) is 3.72. The lowest BCUT2D eigenvalue weighted by molar-refractivity contribution is -0.132. The maximum atomic E-state index is 12.4. The predicted octanol–water partition coefficient (Wildman–Crippen LogP) is 1.49. The highest BCUT2D eigenvalue weighted by Crippen LogP contribution is 2.15. The number of carbonyl (C=O) groups excluding carboxylic acids is 1. The molecule has 0 spiro atoms. The van der Waals surface area contributed by atoms with Crippen LogP contribution in [0, 0.1) is 0 Å². The van der Waals surface area contributed by atoms with E-state index in [9.17, 15) is 13.6 Å². The standard InChI is InChI=1S/C15H21F2N3O/c16-13(17)11-19-7-4-8-20(10-9-19)15(21)14(18)12-5-2-1-3-6-12/h1-3,5-6,13-14H,4,7-11,18H2. The molecule has 2 rings (SSSR count). The lowest BCUT2D eigenvalue weighted by Gasteiger charge is -2.24. The van der Waals surface area contributed by atoms with E-state index in [1.165, 1.54) is 0 Å². The highest BCUT2D eigenvalue weighted by atomic mass is 19.3. The third kappa shape index (κ3) is 4.47. The van der Waals surface area contributed by atoms with E-state index in [1.54, 1.807) is 9.80 Å². The van der Waals surface area contributed by atoms with Crippen LogP contribution in [0.25, 0.3) is 0 Å². The molecule has 0 radical (unpaired) electrons. The van der Waals surface area contributed by atoms with Gasteiger partial charge in [-0.1, -0.05) is 30.3 Å². The van der Waals surface area contributed by atoms with E-state index in [2.05, 4.69) is 0 Å². The van der Waals surface area contributed by atoms with Gasteiger partial charge in [0.1, 0.15) is 6.04 Å². The number of rotatable bonds is 4. The highest BCUT2D eigenvalue weighted by molar-refractivity contribution is 5.83. The molecule has 4 nitrogen and oxygen atoms in total. The number of amides is 1. The fraction of sp³-hybridized carbons (Fsp3) is 0.533. The molecular formula is C15H21F2N3O. The monoisotopic (exact) mass is 297 g/mol. The molecule has 1 aromatic rings. The van der Waals surface area contributed by atoms with Gasteiger partial charge in [0.15, 0.2) is 0 Å². The molecule has 21 heavy (non-hydrogen) atoms. The Hall–Kier alpha value is -1.53. The number of hydrogen-bond donors (Lipinski definition) is 1. The maximum absolute atomic E-state index is 12.4. The molecule has 6 heteroatoms. The van der Waals surface area contributed by atoms with Crippen molar-refractivity contribution in [3.05, 3.63) is 35.9 Å². The van der Waals surface area contributed by atoms with Crippen LogP contribution in [0.2, 0.25) is 0 Å². The Labute approximate surface area is 123 Å². The van der Waals surface area contributed by atoms with Crippen LogP contribution in [0.15, 0.2) is 30.3 Å². The van der Waals surface area contributed by atoms with Crippen molar-refractivity contribution in [3.8, 4) is 0 Å². The van der Waals surface area contributed by atoms with Crippen molar-refractivity contribution in [2.45, 2.75) is 18.9 Å². The first-order valence-electron chi connectivity index (χ1n) is 7.17. The van der Waals surface area contributed by atoms with Gasteiger partial charge in [-0.05, 0) is 12.0 Å².